The number of pyridine rings is 1. The average molecular weight is 276 g/mol. The molecule has 0 unspecified atom stereocenters. The lowest BCUT2D eigenvalue weighted by Gasteiger charge is -1.99. The van der Waals surface area contributed by atoms with Gasteiger partial charge in [0.05, 0.1) is 11.8 Å². The average Bonchev–Trinajstić information content (AvgIpc) is 2.40. The third-order valence-corrected chi connectivity index (χ3v) is 2.83. The van der Waals surface area contributed by atoms with Gasteiger partial charge in [-0.25, -0.2) is 0 Å². The second-order valence-electron chi connectivity index (χ2n) is 3.98. The minimum absolute atomic E-state index is 0.0141. The number of oxime groups is 1. The molecule has 1 aromatic heterocycles. The van der Waals surface area contributed by atoms with Gasteiger partial charge in [0.15, 0.2) is 12.4 Å². The van der Waals surface area contributed by atoms with Gasteiger partial charge in [-0.1, -0.05) is 16.8 Å². The SMILES string of the molecule is O=C(C[n+]1cccc(C=NO)c1)c1ccc(Cl)cc1. The fourth-order valence-corrected chi connectivity index (χ4v) is 1.80. The fourth-order valence-electron chi connectivity index (χ4n) is 1.68. The van der Waals surface area contributed by atoms with Gasteiger partial charge in [0.2, 0.25) is 12.3 Å². The van der Waals surface area contributed by atoms with E-state index in [1.165, 1.54) is 6.21 Å². The summed E-state index contributed by atoms with van der Waals surface area (Å²) in [5, 5.41) is 12.0. The summed E-state index contributed by atoms with van der Waals surface area (Å²) in [6, 6.07) is 10.3. The molecule has 4 nitrogen and oxygen atoms in total. The second kappa shape index (κ2) is 6.11. The van der Waals surface area contributed by atoms with Crippen molar-refractivity contribution in [3.8, 4) is 0 Å². The molecule has 2 aromatic rings. The molecule has 96 valence electrons. The smallest absolute Gasteiger partial charge is 0.227 e. The van der Waals surface area contributed by atoms with Gasteiger partial charge < -0.3 is 5.21 Å². The minimum atomic E-state index is -0.0141. The van der Waals surface area contributed by atoms with Crippen LogP contribution in [-0.2, 0) is 6.54 Å². The topological polar surface area (TPSA) is 53.5 Å². The van der Waals surface area contributed by atoms with Crippen molar-refractivity contribution in [3.05, 3.63) is 64.9 Å². The molecule has 0 aliphatic carbocycles. The van der Waals surface area contributed by atoms with Crippen molar-refractivity contribution in [2.24, 2.45) is 5.16 Å². The number of ketones is 1. The summed E-state index contributed by atoms with van der Waals surface area (Å²) in [4.78, 5) is 12.0. The van der Waals surface area contributed by atoms with Crippen LogP contribution in [-0.4, -0.2) is 17.2 Å². The predicted octanol–water partition coefficient (Wildman–Crippen LogP) is 2.32. The van der Waals surface area contributed by atoms with Crippen LogP contribution in [0.3, 0.4) is 0 Å². The first-order valence-corrected chi connectivity index (χ1v) is 6.02. The van der Waals surface area contributed by atoms with Crippen molar-refractivity contribution in [2.45, 2.75) is 6.54 Å². The van der Waals surface area contributed by atoms with E-state index in [-0.39, 0.29) is 12.3 Å². The Hall–Kier alpha value is -2.20. The van der Waals surface area contributed by atoms with Crippen LogP contribution < -0.4 is 4.57 Å². The van der Waals surface area contributed by atoms with Gasteiger partial charge >= 0.3 is 0 Å². The third-order valence-electron chi connectivity index (χ3n) is 2.58. The molecule has 1 N–H and O–H groups in total. The monoisotopic (exact) mass is 275 g/mol. The number of hydrogen-bond acceptors (Lipinski definition) is 3. The summed E-state index contributed by atoms with van der Waals surface area (Å²) < 4.78 is 1.73. The summed E-state index contributed by atoms with van der Waals surface area (Å²) in [5.41, 5.74) is 1.33. The molecule has 0 bridgehead atoms. The lowest BCUT2D eigenvalue weighted by Crippen LogP contribution is -2.37. The summed E-state index contributed by atoms with van der Waals surface area (Å²) in [6.45, 7) is 0.217. The summed E-state index contributed by atoms with van der Waals surface area (Å²) in [5.74, 6) is -0.0141. The number of benzene rings is 1. The Labute approximate surface area is 115 Å². The van der Waals surface area contributed by atoms with Gasteiger partial charge in [-0.05, 0) is 30.3 Å². The van der Waals surface area contributed by atoms with Crippen LogP contribution in [0.4, 0.5) is 0 Å². The zero-order chi connectivity index (χ0) is 13.7. The van der Waals surface area contributed by atoms with Gasteiger partial charge in [0, 0.05) is 16.7 Å². The highest BCUT2D eigenvalue weighted by atomic mass is 35.5. The normalized spacial score (nSPS) is 10.8. The van der Waals surface area contributed by atoms with Crippen molar-refractivity contribution in [3.63, 3.8) is 0 Å². The Morgan fingerprint density at radius 3 is 2.74 bits per heavy atom. The minimum Gasteiger partial charge on any atom is -0.411 e. The van der Waals surface area contributed by atoms with Crippen molar-refractivity contribution in [1.29, 1.82) is 0 Å². The van der Waals surface area contributed by atoms with E-state index >= 15 is 0 Å². The molecule has 0 aliphatic rings. The Bertz CT molecular complexity index is 609. The number of nitrogens with zero attached hydrogens (tertiary/aromatic N) is 2. The van der Waals surface area contributed by atoms with Gasteiger partial charge in [-0.3, -0.25) is 4.79 Å². The van der Waals surface area contributed by atoms with Crippen LogP contribution in [0, 0.1) is 0 Å². The summed E-state index contributed by atoms with van der Waals surface area (Å²) >= 11 is 5.78. The highest BCUT2D eigenvalue weighted by Gasteiger charge is 2.12. The van der Waals surface area contributed by atoms with Crippen molar-refractivity contribution >= 4 is 23.6 Å². The maximum absolute atomic E-state index is 12.0. The van der Waals surface area contributed by atoms with Crippen molar-refractivity contribution in [2.75, 3.05) is 0 Å². The number of halogens is 1. The fraction of sp³-hybridized carbons (Fsp3) is 0.0714. The molecule has 0 aliphatic heterocycles. The van der Waals surface area contributed by atoms with Gasteiger partial charge in [0.25, 0.3) is 0 Å². The zero-order valence-corrected chi connectivity index (χ0v) is 10.8. The molecule has 5 heteroatoms. The molecule has 0 saturated carbocycles. The van der Waals surface area contributed by atoms with Crippen molar-refractivity contribution in [1.82, 2.24) is 0 Å². The number of carbonyl (C=O) groups is 1. The van der Waals surface area contributed by atoms with E-state index in [2.05, 4.69) is 5.16 Å². The molecule has 1 aromatic carbocycles. The highest BCUT2D eigenvalue weighted by molar-refractivity contribution is 6.30. The van der Waals surface area contributed by atoms with Gasteiger partial charge in [-0.2, -0.15) is 4.57 Å². The number of hydrogen-bond donors (Lipinski definition) is 1. The molecule has 0 fully saturated rings. The summed E-state index contributed by atoms with van der Waals surface area (Å²) in [7, 11) is 0. The number of carbonyl (C=O) groups excluding carboxylic acids is 1. The quantitative estimate of drug-likeness (QED) is 0.306. The Kier molecular flexibility index (Phi) is 4.26. The van der Waals surface area contributed by atoms with Crippen LogP contribution in [0.25, 0.3) is 0 Å². The number of aromatic nitrogens is 1. The first-order chi connectivity index (χ1) is 9.19. The van der Waals surface area contributed by atoms with Crippen LogP contribution in [0.15, 0.2) is 53.9 Å². The van der Waals surface area contributed by atoms with Gasteiger partial charge in [0.1, 0.15) is 0 Å². The van der Waals surface area contributed by atoms with Crippen LogP contribution in [0.1, 0.15) is 15.9 Å². The summed E-state index contributed by atoms with van der Waals surface area (Å²) in [6.07, 6.45) is 4.82. The molecular weight excluding hydrogens is 264 g/mol. The van der Waals surface area contributed by atoms with E-state index in [1.807, 2.05) is 0 Å². The van der Waals surface area contributed by atoms with Crippen LogP contribution in [0.5, 0.6) is 0 Å². The van der Waals surface area contributed by atoms with Crippen LogP contribution >= 0.6 is 11.6 Å². The van der Waals surface area contributed by atoms with E-state index in [9.17, 15) is 4.79 Å². The molecule has 19 heavy (non-hydrogen) atoms. The second-order valence-corrected chi connectivity index (χ2v) is 4.42. The van der Waals surface area contributed by atoms with E-state index in [0.29, 0.717) is 16.1 Å². The van der Waals surface area contributed by atoms with Crippen LogP contribution in [0.2, 0.25) is 5.02 Å². The Balaban J connectivity index is 2.14. The molecular formula is C14H12ClN2O2+. The first-order valence-electron chi connectivity index (χ1n) is 5.64. The largest absolute Gasteiger partial charge is 0.411 e. The lowest BCUT2D eigenvalue weighted by atomic mass is 10.1. The zero-order valence-electron chi connectivity index (χ0n) is 10.0. The molecule has 0 atom stereocenters. The Morgan fingerprint density at radius 2 is 2.05 bits per heavy atom. The van der Waals surface area contributed by atoms with Gasteiger partial charge in [-0.15, -0.1) is 0 Å². The maximum atomic E-state index is 12.0. The highest BCUT2D eigenvalue weighted by Crippen LogP contribution is 2.09. The molecule has 0 spiro atoms. The molecule has 0 saturated heterocycles. The van der Waals surface area contributed by atoms with E-state index < -0.39 is 0 Å². The molecule has 1 heterocycles. The Morgan fingerprint density at radius 1 is 1.32 bits per heavy atom. The predicted molar refractivity (Wildman–Crippen MR) is 71.8 cm³/mol. The molecule has 0 radical (unpaired) electrons. The van der Waals surface area contributed by atoms with E-state index in [0.717, 1.165) is 0 Å². The maximum Gasteiger partial charge on any atom is 0.227 e. The number of rotatable bonds is 4. The van der Waals surface area contributed by atoms with Crippen molar-refractivity contribution < 1.29 is 14.6 Å². The molecule has 2 rings (SSSR count). The van der Waals surface area contributed by atoms with E-state index in [1.54, 1.807) is 53.4 Å². The molecule has 0 amide bonds. The lowest BCUT2D eigenvalue weighted by molar-refractivity contribution is -0.683. The third kappa shape index (κ3) is 3.63. The first kappa shape index (κ1) is 13.2. The number of Topliss-reactive ketones (excluding diaryl/α,β-unsaturated/α-hetero) is 1. The standard InChI is InChI=1S/C14H11ClN2O2/c15-13-5-3-12(4-6-13)14(18)10-17-7-1-2-11(9-17)8-16-19/h1-9H,10H2/p+1. The van der Waals surface area contributed by atoms with E-state index in [4.69, 9.17) is 16.8 Å².